The van der Waals surface area contributed by atoms with Gasteiger partial charge in [0.2, 0.25) is 0 Å². The molecule has 3 aromatic rings. The summed E-state index contributed by atoms with van der Waals surface area (Å²) in [7, 11) is 0. The largest absolute Gasteiger partial charge is 0.342 e. The molecule has 0 spiro atoms. The van der Waals surface area contributed by atoms with Gasteiger partial charge in [0.1, 0.15) is 0 Å². The quantitative estimate of drug-likeness (QED) is 0.574. The number of fused-ring (bicyclic) bond motifs is 4. The van der Waals surface area contributed by atoms with Crippen molar-refractivity contribution in [2.45, 2.75) is 22.6 Å². The maximum Gasteiger partial charge on any atom is 0.0621 e. The van der Waals surface area contributed by atoms with Gasteiger partial charge in [-0.15, -0.1) is 11.8 Å². The van der Waals surface area contributed by atoms with E-state index in [1.807, 2.05) is 11.8 Å². The first-order chi connectivity index (χ1) is 9.42. The Balaban J connectivity index is 1.79. The topological polar surface area (TPSA) is 4.93 Å². The summed E-state index contributed by atoms with van der Waals surface area (Å²) in [4.78, 5) is 1.43. The number of benzene rings is 2. The van der Waals surface area contributed by atoms with Crippen LogP contribution in [0.3, 0.4) is 0 Å². The molecular formula is C17H13NS. The number of hydrogen-bond acceptors (Lipinski definition) is 1. The van der Waals surface area contributed by atoms with Crippen molar-refractivity contribution >= 4 is 22.7 Å². The van der Waals surface area contributed by atoms with Crippen LogP contribution in [0.4, 0.5) is 0 Å². The van der Waals surface area contributed by atoms with E-state index in [0.717, 1.165) is 0 Å². The molecule has 2 heterocycles. The minimum absolute atomic E-state index is 0.585. The van der Waals surface area contributed by atoms with Gasteiger partial charge < -0.3 is 4.57 Å². The first-order valence-corrected chi connectivity index (χ1v) is 7.64. The molecule has 2 atom stereocenters. The lowest BCUT2D eigenvalue weighted by molar-refractivity contribution is 0.530. The fraction of sp³-hybridized carbons (Fsp3) is 0.176. The summed E-state index contributed by atoms with van der Waals surface area (Å²) in [6, 6.07) is 18.4. The van der Waals surface area contributed by atoms with Gasteiger partial charge in [0, 0.05) is 16.5 Å². The summed E-state index contributed by atoms with van der Waals surface area (Å²) in [6.45, 7) is 0. The lowest BCUT2D eigenvalue weighted by Crippen LogP contribution is -2.15. The summed E-state index contributed by atoms with van der Waals surface area (Å²) in [5.41, 5.74) is 4.50. The van der Waals surface area contributed by atoms with Crippen LogP contribution in [0.25, 0.3) is 10.9 Å². The number of aromatic nitrogens is 1. The Bertz CT molecular complexity index is 802. The second kappa shape index (κ2) is 3.45. The molecule has 2 unspecified atom stereocenters. The fourth-order valence-corrected chi connectivity index (χ4v) is 5.12. The summed E-state index contributed by atoms with van der Waals surface area (Å²) < 4.78 is 2.51. The molecule has 0 fully saturated rings. The number of rotatable bonds is 0. The molecule has 0 amide bonds. The standard InChI is InChI=1S/C17H13NS/c1-2-6-13-12(4-1)10-14-17(13)19-15-7-3-5-11-8-9-18(14)16(11)15/h1-9,14,17H,10H2. The van der Waals surface area contributed by atoms with Crippen LogP contribution in [0.1, 0.15) is 22.4 Å². The van der Waals surface area contributed by atoms with Crippen molar-refractivity contribution in [3.05, 3.63) is 65.9 Å². The minimum Gasteiger partial charge on any atom is -0.342 e. The number of nitrogens with zero attached hydrogens (tertiary/aromatic N) is 1. The Hall–Kier alpha value is -1.67. The normalized spacial score (nSPS) is 23.4. The third-order valence-corrected chi connectivity index (χ3v) is 5.86. The third-order valence-electron chi connectivity index (χ3n) is 4.45. The first kappa shape index (κ1) is 10.2. The molecule has 1 nitrogen and oxygen atoms in total. The predicted molar refractivity (Wildman–Crippen MR) is 79.7 cm³/mol. The predicted octanol–water partition coefficient (Wildman–Crippen LogP) is 4.59. The van der Waals surface area contributed by atoms with Crippen molar-refractivity contribution in [1.29, 1.82) is 0 Å². The van der Waals surface area contributed by atoms with E-state index in [1.54, 1.807) is 0 Å². The van der Waals surface area contributed by atoms with Gasteiger partial charge in [-0.1, -0.05) is 36.4 Å². The number of hydrogen-bond donors (Lipinski definition) is 0. The SMILES string of the molecule is c1ccc2c(c1)CC1C2Sc2cccc3ccn1c23. The zero-order valence-electron chi connectivity index (χ0n) is 10.4. The molecule has 0 N–H and O–H groups in total. The van der Waals surface area contributed by atoms with Gasteiger partial charge in [0.25, 0.3) is 0 Å². The van der Waals surface area contributed by atoms with Gasteiger partial charge in [-0.2, -0.15) is 0 Å². The van der Waals surface area contributed by atoms with Crippen LogP contribution >= 0.6 is 11.8 Å². The van der Waals surface area contributed by atoms with E-state index in [2.05, 4.69) is 59.3 Å². The molecule has 0 saturated heterocycles. The maximum atomic E-state index is 2.51. The van der Waals surface area contributed by atoms with E-state index >= 15 is 0 Å². The third kappa shape index (κ3) is 1.22. The van der Waals surface area contributed by atoms with E-state index in [4.69, 9.17) is 0 Å². The molecule has 0 bridgehead atoms. The monoisotopic (exact) mass is 263 g/mol. The Kier molecular flexibility index (Phi) is 1.85. The summed E-state index contributed by atoms with van der Waals surface area (Å²) >= 11 is 2.05. The van der Waals surface area contributed by atoms with Crippen LogP contribution < -0.4 is 0 Å². The highest BCUT2D eigenvalue weighted by molar-refractivity contribution is 7.99. The van der Waals surface area contributed by atoms with Crippen molar-refractivity contribution < 1.29 is 0 Å². The van der Waals surface area contributed by atoms with Crippen molar-refractivity contribution in [3.63, 3.8) is 0 Å². The molecule has 0 radical (unpaired) electrons. The van der Waals surface area contributed by atoms with Crippen LogP contribution in [-0.4, -0.2) is 4.57 Å². The number of para-hydroxylation sites is 1. The molecule has 1 aliphatic heterocycles. The van der Waals surface area contributed by atoms with E-state index in [1.165, 1.54) is 33.3 Å². The fourth-order valence-electron chi connectivity index (χ4n) is 3.62. The highest BCUT2D eigenvalue weighted by atomic mass is 32.2. The Morgan fingerprint density at radius 3 is 2.95 bits per heavy atom. The molecule has 1 aliphatic carbocycles. The molecule has 2 aromatic carbocycles. The van der Waals surface area contributed by atoms with Gasteiger partial charge >= 0.3 is 0 Å². The first-order valence-electron chi connectivity index (χ1n) is 6.76. The summed E-state index contributed by atoms with van der Waals surface area (Å²) in [5, 5.41) is 1.96. The van der Waals surface area contributed by atoms with Crippen LogP contribution in [0.15, 0.2) is 59.6 Å². The van der Waals surface area contributed by atoms with E-state index < -0.39 is 0 Å². The Morgan fingerprint density at radius 1 is 1.00 bits per heavy atom. The molecule has 5 rings (SSSR count). The highest BCUT2D eigenvalue weighted by Crippen LogP contribution is 2.55. The molecule has 92 valence electrons. The Morgan fingerprint density at radius 2 is 1.95 bits per heavy atom. The van der Waals surface area contributed by atoms with Crippen molar-refractivity contribution in [3.8, 4) is 0 Å². The smallest absolute Gasteiger partial charge is 0.0621 e. The molecule has 0 saturated carbocycles. The molecule has 19 heavy (non-hydrogen) atoms. The maximum absolute atomic E-state index is 2.51. The second-order valence-electron chi connectivity index (χ2n) is 5.43. The molecular weight excluding hydrogens is 250 g/mol. The van der Waals surface area contributed by atoms with Gasteiger partial charge in [0.05, 0.1) is 16.8 Å². The van der Waals surface area contributed by atoms with Crippen molar-refractivity contribution in [2.75, 3.05) is 0 Å². The molecule has 2 aliphatic rings. The minimum atomic E-state index is 0.585. The average molecular weight is 263 g/mol. The van der Waals surface area contributed by atoms with Crippen LogP contribution in [0, 0.1) is 0 Å². The highest BCUT2D eigenvalue weighted by Gasteiger charge is 2.37. The zero-order valence-corrected chi connectivity index (χ0v) is 11.2. The van der Waals surface area contributed by atoms with Crippen molar-refractivity contribution in [2.24, 2.45) is 0 Å². The molecule has 2 heteroatoms. The van der Waals surface area contributed by atoms with E-state index in [9.17, 15) is 0 Å². The lowest BCUT2D eigenvalue weighted by Gasteiger charge is -2.28. The van der Waals surface area contributed by atoms with Gasteiger partial charge in [0.15, 0.2) is 0 Å². The van der Waals surface area contributed by atoms with Gasteiger partial charge in [-0.05, 0) is 29.7 Å². The van der Waals surface area contributed by atoms with Crippen LogP contribution in [0.2, 0.25) is 0 Å². The lowest BCUT2D eigenvalue weighted by atomic mass is 10.1. The van der Waals surface area contributed by atoms with Gasteiger partial charge in [-0.25, -0.2) is 0 Å². The number of thioether (sulfide) groups is 1. The molecule has 1 aromatic heterocycles. The summed E-state index contributed by atoms with van der Waals surface area (Å²) in [6.07, 6.45) is 3.45. The van der Waals surface area contributed by atoms with Crippen molar-refractivity contribution in [1.82, 2.24) is 4.57 Å². The van der Waals surface area contributed by atoms with Crippen LogP contribution in [-0.2, 0) is 6.42 Å². The van der Waals surface area contributed by atoms with E-state index in [-0.39, 0.29) is 0 Å². The van der Waals surface area contributed by atoms with Crippen LogP contribution in [0.5, 0.6) is 0 Å². The van der Waals surface area contributed by atoms with E-state index in [0.29, 0.717) is 11.3 Å². The zero-order chi connectivity index (χ0) is 12.4. The average Bonchev–Trinajstić information content (AvgIpc) is 3.02. The van der Waals surface area contributed by atoms with Gasteiger partial charge in [-0.3, -0.25) is 0 Å². The summed E-state index contributed by atoms with van der Waals surface area (Å²) in [5.74, 6) is 0. The second-order valence-corrected chi connectivity index (χ2v) is 6.61. The Labute approximate surface area is 116 Å².